The molecule has 7 heteroatoms. The summed E-state index contributed by atoms with van der Waals surface area (Å²) in [5.74, 6) is 1.93. The quantitative estimate of drug-likeness (QED) is 0.453. The number of aromatic nitrogens is 1. The van der Waals surface area contributed by atoms with Crippen molar-refractivity contribution in [3.63, 3.8) is 0 Å². The maximum Gasteiger partial charge on any atom is 0.203 e. The van der Waals surface area contributed by atoms with Gasteiger partial charge in [0.15, 0.2) is 11.5 Å². The number of nitrogens with zero attached hydrogens (tertiary/aromatic N) is 2. The minimum absolute atomic E-state index is 0.338. The highest BCUT2D eigenvalue weighted by molar-refractivity contribution is 7.11. The summed E-state index contributed by atoms with van der Waals surface area (Å²) in [6, 6.07) is 3.47. The second-order valence-corrected chi connectivity index (χ2v) is 7.00. The van der Waals surface area contributed by atoms with E-state index in [1.807, 2.05) is 5.38 Å². The smallest absolute Gasteiger partial charge is 0.203 e. The van der Waals surface area contributed by atoms with Gasteiger partial charge in [-0.15, -0.1) is 11.3 Å². The Balaban J connectivity index is 2.01. The summed E-state index contributed by atoms with van der Waals surface area (Å²) in [7, 11) is 4.63. The minimum atomic E-state index is 0.338. The summed E-state index contributed by atoms with van der Waals surface area (Å²) in [6.45, 7) is 2.18. The van der Waals surface area contributed by atoms with E-state index >= 15 is 0 Å². The maximum atomic E-state index is 9.66. The highest BCUT2D eigenvalue weighted by Gasteiger charge is 2.20. The van der Waals surface area contributed by atoms with Gasteiger partial charge in [0.05, 0.1) is 21.3 Å². The molecular formula is C20H22N2O4S. The normalized spacial score (nSPS) is 16.8. The van der Waals surface area contributed by atoms with Crippen LogP contribution in [-0.4, -0.2) is 37.2 Å². The molecule has 0 radical (unpaired) electrons. The Hall–Kier alpha value is -2.80. The summed E-state index contributed by atoms with van der Waals surface area (Å²) in [6.07, 6.45) is 7.48. The van der Waals surface area contributed by atoms with Gasteiger partial charge >= 0.3 is 0 Å². The van der Waals surface area contributed by atoms with Gasteiger partial charge < -0.3 is 19.4 Å². The first-order chi connectivity index (χ1) is 13.1. The van der Waals surface area contributed by atoms with E-state index in [0.29, 0.717) is 40.1 Å². The van der Waals surface area contributed by atoms with Gasteiger partial charge in [-0.3, -0.25) is 0 Å². The molecule has 1 aliphatic carbocycles. The van der Waals surface area contributed by atoms with E-state index < -0.39 is 0 Å². The van der Waals surface area contributed by atoms with Gasteiger partial charge in [-0.2, -0.15) is 0 Å². The Morgan fingerprint density at radius 2 is 1.89 bits per heavy atom. The molecule has 2 aromatic rings. The third kappa shape index (κ3) is 3.83. The molecule has 1 aromatic carbocycles. The molecule has 0 spiro atoms. The van der Waals surface area contributed by atoms with Crippen LogP contribution in [0.4, 0.5) is 0 Å². The number of thiazole rings is 1. The minimum Gasteiger partial charge on any atom is -0.493 e. The van der Waals surface area contributed by atoms with Gasteiger partial charge in [0.2, 0.25) is 5.75 Å². The van der Waals surface area contributed by atoms with E-state index in [2.05, 4.69) is 35.3 Å². The monoisotopic (exact) mass is 386 g/mol. The van der Waals surface area contributed by atoms with Crippen LogP contribution >= 0.6 is 11.3 Å². The molecule has 0 saturated carbocycles. The van der Waals surface area contributed by atoms with Crippen molar-refractivity contribution in [1.82, 2.24) is 4.98 Å². The average molecular weight is 386 g/mol. The number of benzene rings is 1. The van der Waals surface area contributed by atoms with E-state index in [0.717, 1.165) is 17.0 Å². The van der Waals surface area contributed by atoms with E-state index in [1.54, 1.807) is 33.5 Å². The van der Waals surface area contributed by atoms with Crippen LogP contribution in [0.2, 0.25) is 0 Å². The van der Waals surface area contributed by atoms with Crippen molar-refractivity contribution in [2.75, 3.05) is 21.3 Å². The SMILES string of the molecule is COc1cc(/C(=N/O)c2csc(C3=CC(C)CC=C3)n2)cc(OC)c1OC. The van der Waals surface area contributed by atoms with Gasteiger partial charge in [-0.25, -0.2) is 4.98 Å². The molecule has 1 aliphatic rings. The van der Waals surface area contributed by atoms with Crippen LogP contribution in [-0.2, 0) is 0 Å². The standard InChI is InChI=1S/C20H22N2O4S/c1-12-6-5-7-13(8-12)20-21-15(11-27-20)18(22-23)14-9-16(24-2)19(26-4)17(10-14)25-3/h5,7-12,23H,6H2,1-4H3/b22-18-. The number of rotatable bonds is 6. The van der Waals surface area contributed by atoms with Crippen molar-refractivity contribution >= 4 is 22.6 Å². The fourth-order valence-electron chi connectivity index (χ4n) is 2.97. The van der Waals surface area contributed by atoms with Crippen molar-refractivity contribution in [1.29, 1.82) is 0 Å². The molecule has 0 saturated heterocycles. The number of hydrogen-bond donors (Lipinski definition) is 1. The van der Waals surface area contributed by atoms with Gasteiger partial charge in [-0.1, -0.05) is 30.3 Å². The Morgan fingerprint density at radius 1 is 1.19 bits per heavy atom. The average Bonchev–Trinajstić information content (AvgIpc) is 3.17. The lowest BCUT2D eigenvalue weighted by Gasteiger charge is -2.14. The Bertz CT molecular complexity index is 889. The van der Waals surface area contributed by atoms with Crippen LogP contribution in [0.5, 0.6) is 17.2 Å². The number of ether oxygens (including phenoxy) is 3. The van der Waals surface area contributed by atoms with Gasteiger partial charge in [0, 0.05) is 16.5 Å². The predicted octanol–water partition coefficient (Wildman–Crippen LogP) is 4.37. The molecule has 1 aromatic heterocycles. The van der Waals surface area contributed by atoms with Crippen molar-refractivity contribution in [3.8, 4) is 17.2 Å². The molecule has 0 amide bonds. The van der Waals surface area contributed by atoms with Crippen LogP contribution in [0.3, 0.4) is 0 Å². The molecule has 1 unspecified atom stereocenters. The summed E-state index contributed by atoms with van der Waals surface area (Å²) < 4.78 is 16.1. The Kier molecular flexibility index (Phi) is 5.81. The van der Waals surface area contributed by atoms with Crippen LogP contribution in [0.1, 0.15) is 29.6 Å². The van der Waals surface area contributed by atoms with E-state index in [9.17, 15) is 5.21 Å². The predicted molar refractivity (Wildman–Crippen MR) is 107 cm³/mol. The Morgan fingerprint density at radius 3 is 2.44 bits per heavy atom. The molecular weight excluding hydrogens is 364 g/mol. The van der Waals surface area contributed by atoms with Crippen molar-refractivity contribution in [2.45, 2.75) is 13.3 Å². The maximum absolute atomic E-state index is 9.66. The van der Waals surface area contributed by atoms with Crippen molar-refractivity contribution < 1.29 is 19.4 Å². The fourth-order valence-corrected chi connectivity index (χ4v) is 3.78. The highest BCUT2D eigenvalue weighted by atomic mass is 32.1. The van der Waals surface area contributed by atoms with E-state index in [-0.39, 0.29) is 0 Å². The van der Waals surface area contributed by atoms with E-state index in [1.165, 1.54) is 11.3 Å². The topological polar surface area (TPSA) is 73.2 Å². The fraction of sp³-hybridized carbons (Fsp3) is 0.300. The zero-order valence-corrected chi connectivity index (χ0v) is 16.5. The largest absolute Gasteiger partial charge is 0.493 e. The van der Waals surface area contributed by atoms with Crippen molar-refractivity contribution in [2.24, 2.45) is 11.1 Å². The molecule has 1 N–H and O–H groups in total. The van der Waals surface area contributed by atoms with E-state index in [4.69, 9.17) is 14.2 Å². The molecule has 6 nitrogen and oxygen atoms in total. The summed E-state index contributed by atoms with van der Waals surface area (Å²) in [5, 5.41) is 15.9. The second-order valence-electron chi connectivity index (χ2n) is 6.14. The number of methoxy groups -OCH3 is 3. The zero-order valence-electron chi connectivity index (χ0n) is 15.7. The summed E-state index contributed by atoms with van der Waals surface area (Å²) in [5.41, 5.74) is 2.63. The lowest BCUT2D eigenvalue weighted by Crippen LogP contribution is -2.06. The molecule has 1 atom stereocenters. The summed E-state index contributed by atoms with van der Waals surface area (Å²) >= 11 is 1.51. The lowest BCUT2D eigenvalue weighted by atomic mass is 9.98. The molecule has 0 fully saturated rings. The second kappa shape index (κ2) is 8.26. The molecule has 3 rings (SSSR count). The first-order valence-corrected chi connectivity index (χ1v) is 9.36. The molecule has 142 valence electrons. The zero-order chi connectivity index (χ0) is 19.4. The first-order valence-electron chi connectivity index (χ1n) is 8.48. The van der Waals surface area contributed by atoms with Crippen LogP contribution in [0.15, 0.2) is 40.9 Å². The number of hydrogen-bond acceptors (Lipinski definition) is 7. The molecule has 27 heavy (non-hydrogen) atoms. The third-order valence-corrected chi connectivity index (χ3v) is 5.19. The molecule has 0 bridgehead atoms. The number of allylic oxidation sites excluding steroid dienone is 4. The Labute approximate surface area is 162 Å². The van der Waals surface area contributed by atoms with Gasteiger partial charge in [0.25, 0.3) is 0 Å². The lowest BCUT2D eigenvalue weighted by molar-refractivity contribution is 0.318. The highest BCUT2D eigenvalue weighted by Crippen LogP contribution is 2.39. The van der Waals surface area contributed by atoms with Crippen LogP contribution in [0, 0.1) is 5.92 Å². The third-order valence-electron chi connectivity index (χ3n) is 4.30. The van der Waals surface area contributed by atoms with Gasteiger partial charge in [0.1, 0.15) is 16.4 Å². The molecule has 0 aliphatic heterocycles. The molecule has 1 heterocycles. The summed E-state index contributed by atoms with van der Waals surface area (Å²) in [4.78, 5) is 4.66. The van der Waals surface area contributed by atoms with Crippen LogP contribution in [0.25, 0.3) is 5.57 Å². The van der Waals surface area contributed by atoms with Gasteiger partial charge in [-0.05, 0) is 24.5 Å². The number of oxime groups is 1. The first kappa shape index (κ1) is 19.0. The van der Waals surface area contributed by atoms with Crippen LogP contribution < -0.4 is 14.2 Å². The van der Waals surface area contributed by atoms with Crippen molar-refractivity contribution in [3.05, 3.63) is 52.0 Å².